The van der Waals surface area contributed by atoms with Crippen molar-refractivity contribution in [1.82, 2.24) is 0 Å². The number of hydrogen-bond acceptors (Lipinski definition) is 1. The number of fused-ring (bicyclic) bond motifs is 6. The lowest BCUT2D eigenvalue weighted by molar-refractivity contribution is -0.0399. The lowest BCUT2D eigenvalue weighted by Crippen LogP contribution is -2.55. The highest BCUT2D eigenvalue weighted by molar-refractivity contribution is 5.98. The maximum absolute atomic E-state index is 2.72. The second kappa shape index (κ2) is 14.2. The van der Waals surface area contributed by atoms with E-state index < -0.39 is 0 Å². The Hall–Kier alpha value is -5.66. The minimum absolute atomic E-state index is 0.0773. The topological polar surface area (TPSA) is 3.24 Å². The first kappa shape index (κ1) is 37.7. The van der Waals surface area contributed by atoms with E-state index in [1.807, 2.05) is 0 Å². The molecule has 15 rings (SSSR count). The lowest BCUT2D eigenvalue weighted by atomic mass is 9.43. The molecule has 316 valence electrons. The molecule has 0 amide bonds. The predicted molar refractivity (Wildman–Crippen MR) is 265 cm³/mol. The summed E-state index contributed by atoms with van der Waals surface area (Å²) in [6, 6.07) is 64.1. The predicted octanol–water partition coefficient (Wildman–Crippen LogP) is 16.7. The number of anilines is 3. The van der Waals surface area contributed by atoms with Gasteiger partial charge in [0.25, 0.3) is 0 Å². The number of nitrogens with zero attached hydrogens (tertiary/aromatic N) is 1. The van der Waals surface area contributed by atoms with Gasteiger partial charge in [0.15, 0.2) is 0 Å². The summed E-state index contributed by atoms with van der Waals surface area (Å²) in [7, 11) is 0. The summed E-state index contributed by atoms with van der Waals surface area (Å²) in [4.78, 5) is 2.72. The van der Waals surface area contributed by atoms with Crippen molar-refractivity contribution in [2.45, 2.75) is 88.4 Å². The first-order valence-corrected chi connectivity index (χ1v) is 25.2. The Morgan fingerprint density at radius 3 is 1.62 bits per heavy atom. The molecule has 6 fully saturated rings. The molecule has 2 atom stereocenters. The van der Waals surface area contributed by atoms with Crippen molar-refractivity contribution in [3.05, 3.63) is 186 Å². The van der Waals surface area contributed by atoms with Crippen LogP contribution in [0, 0.1) is 41.4 Å². The van der Waals surface area contributed by atoms with E-state index in [2.05, 4.69) is 176 Å². The smallest absolute Gasteiger partial charge is 0.0543 e. The zero-order valence-electron chi connectivity index (χ0n) is 37.4. The van der Waals surface area contributed by atoms with Gasteiger partial charge in [-0.3, -0.25) is 0 Å². The van der Waals surface area contributed by atoms with Crippen LogP contribution in [0.4, 0.5) is 17.1 Å². The van der Waals surface area contributed by atoms with Crippen LogP contribution in [0.5, 0.6) is 0 Å². The molecular formula is C63H59N. The number of hydrogen-bond donors (Lipinski definition) is 0. The molecule has 0 N–H and O–H groups in total. The van der Waals surface area contributed by atoms with Crippen LogP contribution in [-0.4, -0.2) is 0 Å². The molecule has 6 bridgehead atoms. The summed E-state index contributed by atoms with van der Waals surface area (Å²) in [5, 5.41) is 0. The largest absolute Gasteiger partial charge is 0.310 e. The molecule has 0 heterocycles. The highest BCUT2D eigenvalue weighted by atomic mass is 15.1. The summed E-state index contributed by atoms with van der Waals surface area (Å²) in [6.45, 7) is 2.44. The van der Waals surface area contributed by atoms with Crippen molar-refractivity contribution < 1.29 is 0 Å². The number of benzene rings is 7. The fourth-order valence-electron chi connectivity index (χ4n) is 16.8. The van der Waals surface area contributed by atoms with Gasteiger partial charge in [0.1, 0.15) is 0 Å². The van der Waals surface area contributed by atoms with E-state index in [9.17, 15) is 0 Å². The van der Waals surface area contributed by atoms with Crippen molar-refractivity contribution in [3.8, 4) is 44.5 Å². The van der Waals surface area contributed by atoms with Gasteiger partial charge < -0.3 is 4.90 Å². The molecule has 0 radical (unpaired) electrons. The van der Waals surface area contributed by atoms with Gasteiger partial charge in [-0.2, -0.15) is 0 Å². The van der Waals surface area contributed by atoms with Gasteiger partial charge in [0.05, 0.1) is 5.69 Å². The highest BCUT2D eigenvalue weighted by Crippen LogP contribution is 2.71. The molecule has 0 aliphatic heterocycles. The van der Waals surface area contributed by atoms with Crippen LogP contribution in [0.15, 0.2) is 164 Å². The molecule has 0 saturated heterocycles. The average Bonchev–Trinajstić information content (AvgIpc) is 3.79. The van der Waals surface area contributed by atoms with Gasteiger partial charge in [0, 0.05) is 27.8 Å². The Kier molecular flexibility index (Phi) is 8.34. The van der Waals surface area contributed by atoms with E-state index in [4.69, 9.17) is 0 Å². The second-order valence-electron chi connectivity index (χ2n) is 21.4. The van der Waals surface area contributed by atoms with Crippen LogP contribution >= 0.6 is 0 Å². The fourth-order valence-corrected chi connectivity index (χ4v) is 16.8. The molecule has 2 unspecified atom stereocenters. The third-order valence-electron chi connectivity index (χ3n) is 18.8. The minimum atomic E-state index is 0.0773. The Bertz CT molecular complexity index is 2910. The third kappa shape index (κ3) is 5.08. The molecule has 8 aliphatic carbocycles. The van der Waals surface area contributed by atoms with E-state index in [-0.39, 0.29) is 10.8 Å². The zero-order valence-corrected chi connectivity index (χ0v) is 37.4. The molecule has 1 heteroatoms. The third-order valence-corrected chi connectivity index (χ3v) is 18.8. The highest BCUT2D eigenvalue weighted by Gasteiger charge is 2.62. The maximum atomic E-state index is 2.72. The Morgan fingerprint density at radius 1 is 0.422 bits per heavy atom. The van der Waals surface area contributed by atoms with Gasteiger partial charge in [-0.1, -0.05) is 153 Å². The van der Waals surface area contributed by atoms with Crippen LogP contribution in [0.2, 0.25) is 0 Å². The van der Waals surface area contributed by atoms with Crippen LogP contribution in [0.25, 0.3) is 44.5 Å². The summed E-state index contributed by atoms with van der Waals surface area (Å²) >= 11 is 0. The Morgan fingerprint density at radius 2 is 0.953 bits per heavy atom. The Labute approximate surface area is 380 Å². The molecule has 7 aromatic rings. The van der Waals surface area contributed by atoms with Crippen LogP contribution in [0.1, 0.15) is 99.8 Å². The van der Waals surface area contributed by atoms with Crippen molar-refractivity contribution in [3.63, 3.8) is 0 Å². The van der Waals surface area contributed by atoms with Crippen molar-refractivity contribution >= 4 is 17.1 Å². The van der Waals surface area contributed by atoms with Crippen LogP contribution in [-0.2, 0) is 10.8 Å². The molecule has 2 spiro atoms. The summed E-state index contributed by atoms with van der Waals surface area (Å²) < 4.78 is 0. The van der Waals surface area contributed by atoms with Gasteiger partial charge in [0.2, 0.25) is 0 Å². The quantitative estimate of drug-likeness (QED) is 0.161. The molecule has 6 saturated carbocycles. The van der Waals surface area contributed by atoms with E-state index in [1.165, 1.54) is 132 Å². The van der Waals surface area contributed by atoms with Gasteiger partial charge in [-0.15, -0.1) is 0 Å². The van der Waals surface area contributed by atoms with Crippen molar-refractivity contribution in [1.29, 1.82) is 0 Å². The summed E-state index contributed by atoms with van der Waals surface area (Å²) in [5.41, 5.74) is 21.5. The zero-order chi connectivity index (χ0) is 42.1. The van der Waals surface area contributed by atoms with Crippen molar-refractivity contribution in [2.24, 2.45) is 41.4 Å². The van der Waals surface area contributed by atoms with E-state index in [0.717, 1.165) is 29.6 Å². The lowest BCUT2D eigenvalue weighted by Gasteiger charge is -2.61. The summed E-state index contributed by atoms with van der Waals surface area (Å²) in [5.74, 6) is 5.46. The maximum Gasteiger partial charge on any atom is 0.0543 e. The standard InChI is InChI=1S/C63H59N/c1-2-40-32-45-19-13-20-46(33-40)62(45)57-24-12-10-22-54(57)61-58(62)25-14-26-60(61)64(49-27-29-51(43-15-5-3-6-16-43)55(38-49)44-17-7-4-8-18-44)50-28-30-53-52-21-9-11-23-56(52)63(59(53)39-50)47-34-41-31-42(36-47)37-48(63)35-41/h3-12,14-18,21-30,38-42,45-48H,2,13,19-20,31-37H2,1H3. The van der Waals surface area contributed by atoms with Gasteiger partial charge in [-0.05, 0) is 191 Å². The fraction of sp³-hybridized carbons (Fsp3) is 0.333. The molecule has 1 nitrogen and oxygen atoms in total. The monoisotopic (exact) mass is 829 g/mol. The first-order valence-electron chi connectivity index (χ1n) is 25.2. The van der Waals surface area contributed by atoms with Gasteiger partial charge in [-0.25, -0.2) is 0 Å². The first-order chi connectivity index (χ1) is 31.6. The molecule has 8 aliphatic rings. The summed E-state index contributed by atoms with van der Waals surface area (Å²) in [6.07, 6.45) is 15.1. The molecule has 0 aromatic heterocycles. The van der Waals surface area contributed by atoms with Crippen molar-refractivity contribution in [2.75, 3.05) is 4.90 Å². The van der Waals surface area contributed by atoms with Gasteiger partial charge >= 0.3 is 0 Å². The van der Waals surface area contributed by atoms with E-state index in [1.54, 1.807) is 22.3 Å². The van der Waals surface area contributed by atoms with Crippen LogP contribution in [0.3, 0.4) is 0 Å². The Balaban J connectivity index is 1.03. The number of rotatable bonds is 6. The normalized spacial score (nSPS) is 29.7. The molecule has 7 aromatic carbocycles. The molecular weight excluding hydrogens is 771 g/mol. The second-order valence-corrected chi connectivity index (χ2v) is 21.4. The van der Waals surface area contributed by atoms with E-state index >= 15 is 0 Å². The molecule has 64 heavy (non-hydrogen) atoms. The van der Waals surface area contributed by atoms with E-state index in [0.29, 0.717) is 11.8 Å². The average molecular weight is 830 g/mol. The SMILES string of the molecule is CCC1CC2CCCC(C1)C21c2ccccc2-c2c(N(c3ccc(-c4ccccc4)c(-c4ccccc4)c3)c3ccc4c(c3)C3(c5ccccc5-4)C4CC5CC(C4)CC3C5)cccc21. The van der Waals surface area contributed by atoms with Crippen LogP contribution < -0.4 is 4.90 Å². The minimum Gasteiger partial charge on any atom is -0.310 e.